The van der Waals surface area contributed by atoms with Crippen molar-refractivity contribution in [2.45, 2.75) is 25.3 Å². The van der Waals surface area contributed by atoms with Gasteiger partial charge < -0.3 is 14.8 Å². The first kappa shape index (κ1) is 14.8. The summed E-state index contributed by atoms with van der Waals surface area (Å²) in [4.78, 5) is 2.40. The van der Waals surface area contributed by atoms with Crippen LogP contribution in [0.5, 0.6) is 5.75 Å². The predicted octanol–water partition coefficient (Wildman–Crippen LogP) is 1.99. The molecule has 0 aromatic heterocycles. The molecule has 1 N–H and O–H groups in total. The Bertz CT molecular complexity index is 458. The van der Waals surface area contributed by atoms with Crippen LogP contribution in [0, 0.1) is 0 Å². The van der Waals surface area contributed by atoms with Gasteiger partial charge in [0.2, 0.25) is 0 Å². The number of aryl methyl sites for hydroxylation is 1. The van der Waals surface area contributed by atoms with Crippen molar-refractivity contribution in [1.82, 2.24) is 10.2 Å². The molecule has 116 valence electrons. The van der Waals surface area contributed by atoms with E-state index in [1.54, 1.807) is 0 Å². The normalized spacial score (nSPS) is 22.8. The highest BCUT2D eigenvalue weighted by Crippen LogP contribution is 2.32. The van der Waals surface area contributed by atoms with Gasteiger partial charge in [0.15, 0.2) is 0 Å². The molecule has 2 aliphatic rings. The van der Waals surface area contributed by atoms with E-state index in [1.165, 1.54) is 30.4 Å². The Balaban J connectivity index is 1.56. The van der Waals surface area contributed by atoms with Gasteiger partial charge in [-0.1, -0.05) is 6.07 Å². The summed E-state index contributed by atoms with van der Waals surface area (Å²) in [6.45, 7) is 5.48. The van der Waals surface area contributed by atoms with E-state index in [-0.39, 0.29) is 0 Å². The molecule has 21 heavy (non-hydrogen) atoms. The van der Waals surface area contributed by atoms with Crippen molar-refractivity contribution in [2.75, 3.05) is 46.5 Å². The maximum absolute atomic E-state index is 5.96. The maximum Gasteiger partial charge on any atom is 0.119 e. The van der Waals surface area contributed by atoms with E-state index >= 15 is 0 Å². The molecule has 1 saturated heterocycles. The van der Waals surface area contributed by atoms with Crippen LogP contribution in [0.1, 0.15) is 30.0 Å². The van der Waals surface area contributed by atoms with E-state index in [4.69, 9.17) is 9.47 Å². The average Bonchev–Trinajstić information content (AvgIpc) is 2.55. The number of hydrogen-bond acceptors (Lipinski definition) is 4. The third-order valence-corrected chi connectivity index (χ3v) is 4.56. The van der Waals surface area contributed by atoms with Crippen LogP contribution in [0.2, 0.25) is 0 Å². The Kier molecular flexibility index (Phi) is 5.12. The minimum atomic E-state index is 0.483. The van der Waals surface area contributed by atoms with Crippen LogP contribution in [0.25, 0.3) is 0 Å². The summed E-state index contributed by atoms with van der Waals surface area (Å²) in [5.41, 5.74) is 2.90. The zero-order chi connectivity index (χ0) is 14.5. The van der Waals surface area contributed by atoms with Crippen LogP contribution in [0.3, 0.4) is 0 Å². The zero-order valence-corrected chi connectivity index (χ0v) is 12.9. The van der Waals surface area contributed by atoms with Crippen LogP contribution in [0.4, 0.5) is 0 Å². The summed E-state index contributed by atoms with van der Waals surface area (Å²) in [7, 11) is 2.05. The Morgan fingerprint density at radius 3 is 3.00 bits per heavy atom. The maximum atomic E-state index is 5.96. The van der Waals surface area contributed by atoms with Gasteiger partial charge in [-0.15, -0.1) is 0 Å². The van der Waals surface area contributed by atoms with Gasteiger partial charge in [0.1, 0.15) is 12.4 Å². The first-order valence-electron chi connectivity index (χ1n) is 8.10. The minimum Gasteiger partial charge on any atom is -0.492 e. The number of nitrogens with one attached hydrogen (secondary N) is 1. The van der Waals surface area contributed by atoms with E-state index in [0.29, 0.717) is 6.04 Å². The number of ether oxygens (including phenoxy) is 2. The van der Waals surface area contributed by atoms with Gasteiger partial charge in [-0.05, 0) is 49.6 Å². The summed E-state index contributed by atoms with van der Waals surface area (Å²) in [5.74, 6) is 1.00. The Morgan fingerprint density at radius 1 is 1.33 bits per heavy atom. The van der Waals surface area contributed by atoms with Crippen molar-refractivity contribution in [3.05, 3.63) is 29.3 Å². The predicted molar refractivity (Wildman–Crippen MR) is 83.9 cm³/mol. The molecule has 1 heterocycles. The minimum absolute atomic E-state index is 0.483. The van der Waals surface area contributed by atoms with Crippen molar-refractivity contribution in [2.24, 2.45) is 0 Å². The molecule has 3 rings (SSSR count). The van der Waals surface area contributed by atoms with Gasteiger partial charge in [0.25, 0.3) is 0 Å². The first-order chi connectivity index (χ1) is 10.4. The molecular weight excluding hydrogens is 264 g/mol. The highest BCUT2D eigenvalue weighted by atomic mass is 16.5. The number of benzene rings is 1. The van der Waals surface area contributed by atoms with Crippen molar-refractivity contribution >= 4 is 0 Å². The van der Waals surface area contributed by atoms with Gasteiger partial charge in [0.05, 0.1) is 13.2 Å². The zero-order valence-electron chi connectivity index (χ0n) is 12.9. The summed E-state index contributed by atoms with van der Waals surface area (Å²) in [5, 5.41) is 3.42. The highest BCUT2D eigenvalue weighted by Gasteiger charge is 2.19. The molecule has 0 amide bonds. The quantitative estimate of drug-likeness (QED) is 0.899. The van der Waals surface area contributed by atoms with Crippen molar-refractivity contribution in [3.8, 4) is 5.75 Å². The molecule has 1 aliphatic carbocycles. The standard InChI is InChI=1S/C17H26N2O2/c1-18-17-4-2-3-14-5-6-15(13-16(14)17)21-12-9-19-7-10-20-11-8-19/h5-6,13,17-18H,2-4,7-12H2,1H3. The lowest BCUT2D eigenvalue weighted by Crippen LogP contribution is -2.38. The van der Waals surface area contributed by atoms with Gasteiger partial charge in [0, 0.05) is 25.7 Å². The van der Waals surface area contributed by atoms with Crippen molar-refractivity contribution in [1.29, 1.82) is 0 Å². The second kappa shape index (κ2) is 7.25. The lowest BCUT2D eigenvalue weighted by atomic mass is 9.87. The van der Waals surface area contributed by atoms with Crippen LogP contribution >= 0.6 is 0 Å². The number of fused-ring (bicyclic) bond motifs is 1. The van der Waals surface area contributed by atoms with Gasteiger partial charge in [-0.25, -0.2) is 0 Å². The molecular formula is C17H26N2O2. The van der Waals surface area contributed by atoms with Crippen molar-refractivity contribution < 1.29 is 9.47 Å². The van der Waals surface area contributed by atoms with E-state index in [1.807, 2.05) is 7.05 Å². The molecule has 1 aromatic carbocycles. The Hall–Kier alpha value is -1.10. The molecule has 0 bridgehead atoms. The first-order valence-corrected chi connectivity index (χ1v) is 8.10. The fourth-order valence-electron chi connectivity index (χ4n) is 3.28. The molecule has 4 nitrogen and oxygen atoms in total. The number of hydrogen-bond donors (Lipinski definition) is 1. The summed E-state index contributed by atoms with van der Waals surface area (Å²) < 4.78 is 11.3. The van der Waals surface area contributed by atoms with E-state index in [2.05, 4.69) is 28.4 Å². The SMILES string of the molecule is CNC1CCCc2ccc(OCCN3CCOCC3)cc21. The van der Waals surface area contributed by atoms with E-state index in [9.17, 15) is 0 Å². The van der Waals surface area contributed by atoms with Crippen molar-refractivity contribution in [3.63, 3.8) is 0 Å². The summed E-state index contributed by atoms with van der Waals surface area (Å²) in [6.07, 6.45) is 3.69. The molecule has 4 heteroatoms. The number of nitrogens with zero attached hydrogens (tertiary/aromatic N) is 1. The van der Waals surface area contributed by atoms with Gasteiger partial charge in [-0.2, -0.15) is 0 Å². The lowest BCUT2D eigenvalue weighted by molar-refractivity contribution is 0.0322. The third-order valence-electron chi connectivity index (χ3n) is 4.56. The summed E-state index contributed by atoms with van der Waals surface area (Å²) in [6, 6.07) is 7.07. The molecule has 1 unspecified atom stereocenters. The largest absolute Gasteiger partial charge is 0.492 e. The smallest absolute Gasteiger partial charge is 0.119 e. The van der Waals surface area contributed by atoms with Crippen LogP contribution < -0.4 is 10.1 Å². The third kappa shape index (κ3) is 3.76. The van der Waals surface area contributed by atoms with Crippen LogP contribution in [-0.2, 0) is 11.2 Å². The average molecular weight is 290 g/mol. The molecule has 1 atom stereocenters. The Labute approximate surface area is 127 Å². The topological polar surface area (TPSA) is 33.7 Å². The molecule has 0 saturated carbocycles. The second-order valence-electron chi connectivity index (χ2n) is 5.90. The fourth-order valence-corrected chi connectivity index (χ4v) is 3.28. The Morgan fingerprint density at radius 2 is 2.19 bits per heavy atom. The number of rotatable bonds is 5. The fraction of sp³-hybridized carbons (Fsp3) is 0.647. The van der Waals surface area contributed by atoms with Crippen LogP contribution in [0.15, 0.2) is 18.2 Å². The number of morpholine rings is 1. The lowest BCUT2D eigenvalue weighted by Gasteiger charge is -2.27. The molecule has 0 radical (unpaired) electrons. The van der Waals surface area contributed by atoms with E-state index in [0.717, 1.165) is 45.2 Å². The molecule has 1 fully saturated rings. The van der Waals surface area contributed by atoms with Crippen LogP contribution in [-0.4, -0.2) is 51.4 Å². The van der Waals surface area contributed by atoms with Gasteiger partial charge in [-0.3, -0.25) is 4.90 Å². The monoisotopic (exact) mass is 290 g/mol. The molecule has 0 spiro atoms. The summed E-state index contributed by atoms with van der Waals surface area (Å²) >= 11 is 0. The highest BCUT2D eigenvalue weighted by molar-refractivity contribution is 5.39. The second-order valence-corrected chi connectivity index (χ2v) is 5.90. The molecule has 1 aromatic rings. The molecule has 1 aliphatic heterocycles. The van der Waals surface area contributed by atoms with Gasteiger partial charge >= 0.3 is 0 Å². The van der Waals surface area contributed by atoms with E-state index < -0.39 is 0 Å².